The van der Waals surface area contributed by atoms with E-state index in [2.05, 4.69) is 15.4 Å². The Hall–Kier alpha value is -4.53. The van der Waals surface area contributed by atoms with E-state index in [1.54, 1.807) is 53.3 Å². The number of nitrogens with zero attached hydrogens (tertiary/aromatic N) is 4. The predicted molar refractivity (Wildman–Crippen MR) is 129 cm³/mol. The van der Waals surface area contributed by atoms with Gasteiger partial charge in [-0.2, -0.15) is 5.10 Å². The molecule has 0 saturated heterocycles. The number of nitrogens with one attached hydrogen (secondary N) is 1. The number of ether oxygens (including phenoxy) is 1. The molecule has 0 fully saturated rings. The highest BCUT2D eigenvalue weighted by Crippen LogP contribution is 2.26. The number of halogens is 1. The molecule has 1 unspecified atom stereocenters. The first-order chi connectivity index (χ1) is 16.9. The van der Waals surface area contributed by atoms with E-state index < -0.39 is 11.7 Å². The van der Waals surface area contributed by atoms with Gasteiger partial charge in [-0.15, -0.1) is 0 Å². The predicted octanol–water partition coefficient (Wildman–Crippen LogP) is 4.26. The van der Waals surface area contributed by atoms with Gasteiger partial charge in [-0.3, -0.25) is 9.59 Å². The maximum Gasteiger partial charge on any atom is 0.262 e. The SMILES string of the molecule is CC(c1ccc(-n2cncn2)cc1)N(C)C(=O)c1ccccc1OCC(=O)Nc1ccccc1F. The van der Waals surface area contributed by atoms with Crippen LogP contribution in [-0.4, -0.2) is 45.1 Å². The van der Waals surface area contributed by atoms with Crippen LogP contribution in [-0.2, 0) is 4.79 Å². The second-order valence-electron chi connectivity index (χ2n) is 7.84. The van der Waals surface area contributed by atoms with Crippen molar-refractivity contribution in [2.24, 2.45) is 0 Å². The first-order valence-electron chi connectivity index (χ1n) is 10.9. The first kappa shape index (κ1) is 23.6. The van der Waals surface area contributed by atoms with Gasteiger partial charge in [0.1, 0.15) is 24.2 Å². The van der Waals surface area contributed by atoms with Crippen molar-refractivity contribution in [3.8, 4) is 11.4 Å². The van der Waals surface area contributed by atoms with E-state index >= 15 is 0 Å². The fraction of sp³-hybridized carbons (Fsp3) is 0.154. The summed E-state index contributed by atoms with van der Waals surface area (Å²) in [4.78, 5) is 31.1. The monoisotopic (exact) mass is 473 g/mol. The number of hydrogen-bond donors (Lipinski definition) is 1. The molecule has 4 aromatic rings. The van der Waals surface area contributed by atoms with Crippen LogP contribution in [0.3, 0.4) is 0 Å². The van der Waals surface area contributed by atoms with Crippen LogP contribution in [0.1, 0.15) is 28.9 Å². The van der Waals surface area contributed by atoms with Gasteiger partial charge < -0.3 is 15.0 Å². The van der Waals surface area contributed by atoms with Gasteiger partial charge in [0, 0.05) is 7.05 Å². The van der Waals surface area contributed by atoms with Crippen molar-refractivity contribution in [2.45, 2.75) is 13.0 Å². The van der Waals surface area contributed by atoms with Crippen LogP contribution in [0.2, 0.25) is 0 Å². The van der Waals surface area contributed by atoms with Gasteiger partial charge in [-0.25, -0.2) is 14.1 Å². The van der Waals surface area contributed by atoms with E-state index in [4.69, 9.17) is 4.74 Å². The fourth-order valence-corrected chi connectivity index (χ4v) is 3.50. The highest BCUT2D eigenvalue weighted by atomic mass is 19.1. The molecule has 3 aromatic carbocycles. The van der Waals surface area contributed by atoms with E-state index in [1.165, 1.54) is 24.5 Å². The Bertz CT molecular complexity index is 1310. The molecule has 1 heterocycles. The van der Waals surface area contributed by atoms with Crippen molar-refractivity contribution in [3.05, 3.63) is 102 Å². The molecule has 1 N–H and O–H groups in total. The number of carbonyl (C=O) groups excluding carboxylic acids is 2. The Morgan fingerprint density at radius 1 is 1.06 bits per heavy atom. The van der Waals surface area contributed by atoms with Crippen LogP contribution in [0.5, 0.6) is 5.75 Å². The zero-order valence-corrected chi connectivity index (χ0v) is 19.3. The lowest BCUT2D eigenvalue weighted by Gasteiger charge is -2.26. The third-order valence-corrected chi connectivity index (χ3v) is 5.58. The molecule has 1 atom stereocenters. The first-order valence-corrected chi connectivity index (χ1v) is 10.9. The largest absolute Gasteiger partial charge is 0.483 e. The maximum absolute atomic E-state index is 13.8. The smallest absolute Gasteiger partial charge is 0.262 e. The van der Waals surface area contributed by atoms with Gasteiger partial charge in [0.15, 0.2) is 6.61 Å². The third kappa shape index (κ3) is 5.52. The van der Waals surface area contributed by atoms with Crippen LogP contribution in [0, 0.1) is 5.82 Å². The molecule has 0 spiro atoms. The second-order valence-corrected chi connectivity index (χ2v) is 7.84. The number of para-hydroxylation sites is 2. The Labute approximate surface area is 202 Å². The number of aromatic nitrogens is 3. The highest BCUT2D eigenvalue weighted by Gasteiger charge is 2.22. The zero-order chi connectivity index (χ0) is 24.8. The number of rotatable bonds is 8. The average molecular weight is 474 g/mol. The number of carbonyl (C=O) groups is 2. The zero-order valence-electron chi connectivity index (χ0n) is 19.3. The summed E-state index contributed by atoms with van der Waals surface area (Å²) < 4.78 is 21.0. The molecule has 178 valence electrons. The number of hydrogen-bond acceptors (Lipinski definition) is 5. The van der Waals surface area contributed by atoms with Gasteiger partial charge in [-0.05, 0) is 48.9 Å². The molecule has 4 rings (SSSR count). The summed E-state index contributed by atoms with van der Waals surface area (Å²) in [7, 11) is 1.71. The lowest BCUT2D eigenvalue weighted by atomic mass is 10.1. The van der Waals surface area contributed by atoms with E-state index in [0.29, 0.717) is 5.56 Å². The van der Waals surface area contributed by atoms with Crippen molar-refractivity contribution < 1.29 is 18.7 Å². The van der Waals surface area contributed by atoms with Gasteiger partial charge in [-0.1, -0.05) is 36.4 Å². The normalized spacial score (nSPS) is 11.5. The third-order valence-electron chi connectivity index (χ3n) is 5.58. The van der Waals surface area contributed by atoms with Gasteiger partial charge in [0.25, 0.3) is 11.8 Å². The second kappa shape index (κ2) is 10.6. The Morgan fingerprint density at radius 3 is 2.49 bits per heavy atom. The number of amides is 2. The molecule has 0 radical (unpaired) electrons. The minimum Gasteiger partial charge on any atom is -0.483 e. The van der Waals surface area contributed by atoms with Gasteiger partial charge >= 0.3 is 0 Å². The summed E-state index contributed by atoms with van der Waals surface area (Å²) in [5, 5.41) is 6.57. The van der Waals surface area contributed by atoms with Crippen molar-refractivity contribution in [1.29, 1.82) is 0 Å². The summed E-state index contributed by atoms with van der Waals surface area (Å²) in [6.45, 7) is 1.55. The highest BCUT2D eigenvalue weighted by molar-refractivity contribution is 5.97. The Balaban J connectivity index is 1.42. The van der Waals surface area contributed by atoms with Crippen LogP contribution < -0.4 is 10.1 Å². The molecule has 1 aromatic heterocycles. The van der Waals surface area contributed by atoms with E-state index in [-0.39, 0.29) is 30.0 Å². The number of anilines is 1. The molecule has 2 amide bonds. The van der Waals surface area contributed by atoms with Crippen molar-refractivity contribution in [3.63, 3.8) is 0 Å². The molecule has 35 heavy (non-hydrogen) atoms. The standard InChI is InChI=1S/C26H24FN5O3/c1-18(19-11-13-20(14-12-19)32-17-28-16-29-32)31(2)26(34)21-7-3-6-10-24(21)35-15-25(33)30-23-9-5-4-8-22(23)27/h3-14,16-18H,15H2,1-2H3,(H,30,33). The molecule has 0 saturated carbocycles. The van der Waals surface area contributed by atoms with Crippen molar-refractivity contribution in [2.75, 3.05) is 19.0 Å². The topological polar surface area (TPSA) is 89.3 Å². The van der Waals surface area contributed by atoms with E-state index in [1.807, 2.05) is 31.2 Å². The van der Waals surface area contributed by atoms with Crippen molar-refractivity contribution >= 4 is 17.5 Å². The molecule has 8 nitrogen and oxygen atoms in total. The number of benzene rings is 3. The van der Waals surface area contributed by atoms with Gasteiger partial charge in [0.2, 0.25) is 0 Å². The molecule has 0 bridgehead atoms. The summed E-state index contributed by atoms with van der Waals surface area (Å²) in [6, 6.07) is 20.0. The Morgan fingerprint density at radius 2 is 1.77 bits per heavy atom. The lowest BCUT2D eigenvalue weighted by molar-refractivity contribution is -0.118. The summed E-state index contributed by atoms with van der Waals surface area (Å²) in [5.41, 5.74) is 2.18. The van der Waals surface area contributed by atoms with Crippen LogP contribution in [0.4, 0.5) is 10.1 Å². The maximum atomic E-state index is 13.8. The summed E-state index contributed by atoms with van der Waals surface area (Å²) >= 11 is 0. The van der Waals surface area contributed by atoms with Crippen LogP contribution in [0.25, 0.3) is 5.69 Å². The lowest BCUT2D eigenvalue weighted by Crippen LogP contribution is -2.30. The molecule has 9 heteroatoms. The molecule has 0 aliphatic rings. The summed E-state index contributed by atoms with van der Waals surface area (Å²) in [6.07, 6.45) is 3.08. The Kier molecular flexibility index (Phi) is 7.15. The summed E-state index contributed by atoms with van der Waals surface area (Å²) in [5.74, 6) is -1.07. The quantitative estimate of drug-likeness (QED) is 0.413. The van der Waals surface area contributed by atoms with Crippen molar-refractivity contribution in [1.82, 2.24) is 19.7 Å². The van der Waals surface area contributed by atoms with E-state index in [0.717, 1.165) is 11.3 Å². The minimum absolute atomic E-state index is 0.0638. The molecular formula is C26H24FN5O3. The molecule has 0 aliphatic carbocycles. The van der Waals surface area contributed by atoms with Gasteiger partial charge in [0.05, 0.1) is 23.0 Å². The van der Waals surface area contributed by atoms with Crippen LogP contribution >= 0.6 is 0 Å². The van der Waals surface area contributed by atoms with Crippen LogP contribution in [0.15, 0.2) is 85.5 Å². The minimum atomic E-state index is -0.540. The van der Waals surface area contributed by atoms with E-state index in [9.17, 15) is 14.0 Å². The average Bonchev–Trinajstić information content (AvgIpc) is 3.43. The fourth-order valence-electron chi connectivity index (χ4n) is 3.50. The molecular weight excluding hydrogens is 449 g/mol. The molecule has 0 aliphatic heterocycles.